The van der Waals surface area contributed by atoms with E-state index < -0.39 is 5.60 Å². The number of morpholine rings is 1. The van der Waals surface area contributed by atoms with Crippen molar-refractivity contribution in [1.29, 1.82) is 0 Å². The van der Waals surface area contributed by atoms with Crippen LogP contribution >= 0.6 is 0 Å². The van der Waals surface area contributed by atoms with Crippen molar-refractivity contribution < 1.29 is 23.8 Å². The van der Waals surface area contributed by atoms with Crippen molar-refractivity contribution in [3.05, 3.63) is 24.3 Å². The van der Waals surface area contributed by atoms with Gasteiger partial charge in [0.25, 0.3) is 11.8 Å². The van der Waals surface area contributed by atoms with Crippen LogP contribution in [-0.4, -0.2) is 61.8 Å². The van der Waals surface area contributed by atoms with E-state index in [1.807, 2.05) is 13.8 Å². The molecule has 1 atom stereocenters. The molecule has 1 aliphatic heterocycles. The van der Waals surface area contributed by atoms with Crippen LogP contribution in [0.25, 0.3) is 0 Å². The van der Waals surface area contributed by atoms with Crippen LogP contribution in [-0.2, 0) is 19.1 Å². The van der Waals surface area contributed by atoms with Gasteiger partial charge in [-0.15, -0.1) is 0 Å². The van der Waals surface area contributed by atoms with Crippen LogP contribution in [0.3, 0.4) is 0 Å². The van der Waals surface area contributed by atoms with E-state index in [-0.39, 0.29) is 18.4 Å². The molecule has 7 nitrogen and oxygen atoms in total. The molecule has 1 aromatic carbocycles. The molecule has 0 aliphatic carbocycles. The molecule has 0 saturated carbocycles. The van der Waals surface area contributed by atoms with Gasteiger partial charge >= 0.3 is 0 Å². The Balaban J connectivity index is 1.87. The third-order valence-corrected chi connectivity index (χ3v) is 4.95. The van der Waals surface area contributed by atoms with Crippen LogP contribution in [0.4, 0.5) is 5.69 Å². The van der Waals surface area contributed by atoms with Crippen LogP contribution < -0.4 is 10.1 Å². The number of rotatable bonds is 11. The smallest absolute Gasteiger partial charge is 0.260 e. The molecule has 0 spiro atoms. The number of anilines is 1. The lowest BCUT2D eigenvalue weighted by Gasteiger charge is -2.28. The zero-order valence-electron chi connectivity index (χ0n) is 17.9. The molecule has 162 valence electrons. The Hall–Kier alpha value is -2.12. The topological polar surface area (TPSA) is 77.1 Å². The van der Waals surface area contributed by atoms with E-state index in [1.54, 1.807) is 29.2 Å². The van der Waals surface area contributed by atoms with Gasteiger partial charge < -0.3 is 24.4 Å². The van der Waals surface area contributed by atoms with Crippen molar-refractivity contribution in [2.45, 2.75) is 52.1 Å². The van der Waals surface area contributed by atoms with Gasteiger partial charge in [0.15, 0.2) is 6.61 Å². The summed E-state index contributed by atoms with van der Waals surface area (Å²) in [6.07, 6.45) is 3.48. The van der Waals surface area contributed by atoms with Gasteiger partial charge in [0.1, 0.15) is 11.4 Å². The predicted octanol–water partition coefficient (Wildman–Crippen LogP) is 3.24. The molecule has 2 amide bonds. The number of nitrogens with one attached hydrogen (secondary N) is 1. The Morgan fingerprint density at radius 2 is 1.83 bits per heavy atom. The average Bonchev–Trinajstić information content (AvgIpc) is 2.76. The molecule has 1 N–H and O–H groups in total. The quantitative estimate of drug-likeness (QED) is 0.610. The van der Waals surface area contributed by atoms with Gasteiger partial charge in [-0.25, -0.2) is 0 Å². The number of unbranched alkanes of at least 4 members (excludes halogenated alkanes) is 1. The molecule has 29 heavy (non-hydrogen) atoms. The summed E-state index contributed by atoms with van der Waals surface area (Å²) < 4.78 is 16.7. The summed E-state index contributed by atoms with van der Waals surface area (Å²) in [4.78, 5) is 26.7. The number of hydrogen-bond donors (Lipinski definition) is 1. The first-order valence-electron chi connectivity index (χ1n) is 10.5. The minimum atomic E-state index is -0.842. The zero-order chi connectivity index (χ0) is 21.1. The van der Waals surface area contributed by atoms with Gasteiger partial charge in [0.05, 0.1) is 13.2 Å². The molecule has 1 heterocycles. The lowest BCUT2D eigenvalue weighted by Crippen LogP contribution is -2.43. The Morgan fingerprint density at radius 1 is 1.14 bits per heavy atom. The Kier molecular flexibility index (Phi) is 9.41. The SMILES string of the molecule is CCCC[C@](C)(OCCC)C(=O)Nc1ccc(OCC(=O)N2CCOCC2)cc1. The Labute approximate surface area is 173 Å². The van der Waals surface area contributed by atoms with E-state index in [9.17, 15) is 9.59 Å². The lowest BCUT2D eigenvalue weighted by atomic mass is 9.97. The van der Waals surface area contributed by atoms with Crippen molar-refractivity contribution in [2.75, 3.05) is 44.8 Å². The molecule has 0 aromatic heterocycles. The fourth-order valence-corrected chi connectivity index (χ4v) is 3.04. The summed E-state index contributed by atoms with van der Waals surface area (Å²) in [7, 11) is 0. The van der Waals surface area contributed by atoms with E-state index in [0.717, 1.165) is 19.3 Å². The van der Waals surface area contributed by atoms with Crippen molar-refractivity contribution >= 4 is 17.5 Å². The van der Waals surface area contributed by atoms with E-state index >= 15 is 0 Å². The minimum Gasteiger partial charge on any atom is -0.484 e. The van der Waals surface area contributed by atoms with Gasteiger partial charge in [-0.1, -0.05) is 26.7 Å². The fourth-order valence-electron chi connectivity index (χ4n) is 3.04. The standard InChI is InChI=1S/C22H34N2O5/c1-4-6-11-22(3,29-14-5-2)21(26)23-18-7-9-19(10-8-18)28-17-20(25)24-12-15-27-16-13-24/h7-10H,4-6,11-17H2,1-3H3,(H,23,26)/t22-/m0/s1. The average molecular weight is 407 g/mol. The maximum absolute atomic E-state index is 12.8. The van der Waals surface area contributed by atoms with Crippen molar-refractivity contribution in [1.82, 2.24) is 4.90 Å². The third kappa shape index (κ3) is 7.33. The molecule has 0 radical (unpaired) electrons. The molecule has 1 saturated heterocycles. The van der Waals surface area contributed by atoms with Gasteiger partial charge in [0, 0.05) is 25.4 Å². The summed E-state index contributed by atoms with van der Waals surface area (Å²) in [5, 5.41) is 2.94. The number of carbonyl (C=O) groups is 2. The summed E-state index contributed by atoms with van der Waals surface area (Å²) in [6, 6.07) is 7.04. The van der Waals surface area contributed by atoms with Gasteiger partial charge in [-0.3, -0.25) is 9.59 Å². The second-order valence-electron chi connectivity index (χ2n) is 7.44. The van der Waals surface area contributed by atoms with Gasteiger partial charge in [-0.05, 0) is 44.0 Å². The summed E-state index contributed by atoms with van der Waals surface area (Å²) in [6.45, 7) is 8.86. The Bertz CT molecular complexity index is 633. The summed E-state index contributed by atoms with van der Waals surface area (Å²) in [5.41, 5.74) is -0.171. The first kappa shape index (κ1) is 23.2. The third-order valence-electron chi connectivity index (χ3n) is 4.95. The molecule has 0 unspecified atom stereocenters. The highest BCUT2D eigenvalue weighted by molar-refractivity contribution is 5.97. The van der Waals surface area contributed by atoms with Crippen LogP contribution in [0.1, 0.15) is 46.5 Å². The molecule has 7 heteroatoms. The molecular formula is C22H34N2O5. The monoisotopic (exact) mass is 406 g/mol. The van der Waals surface area contributed by atoms with Crippen molar-refractivity contribution in [2.24, 2.45) is 0 Å². The van der Waals surface area contributed by atoms with E-state index in [0.29, 0.717) is 50.8 Å². The second kappa shape index (κ2) is 11.8. The number of ether oxygens (including phenoxy) is 3. The zero-order valence-corrected chi connectivity index (χ0v) is 17.9. The van der Waals surface area contributed by atoms with Crippen LogP contribution in [0.2, 0.25) is 0 Å². The number of nitrogens with zero attached hydrogens (tertiary/aromatic N) is 1. The molecule has 1 fully saturated rings. The highest BCUT2D eigenvalue weighted by Crippen LogP contribution is 2.23. The summed E-state index contributed by atoms with van der Waals surface area (Å²) >= 11 is 0. The minimum absolute atomic E-state index is 0.00828. The highest BCUT2D eigenvalue weighted by atomic mass is 16.5. The molecule has 2 rings (SSSR count). The van der Waals surface area contributed by atoms with E-state index in [4.69, 9.17) is 14.2 Å². The molecule has 1 aromatic rings. The Morgan fingerprint density at radius 3 is 2.45 bits per heavy atom. The van der Waals surface area contributed by atoms with Crippen LogP contribution in [0.15, 0.2) is 24.3 Å². The molecule has 0 bridgehead atoms. The fraction of sp³-hybridized carbons (Fsp3) is 0.636. The van der Waals surface area contributed by atoms with Crippen molar-refractivity contribution in [3.8, 4) is 5.75 Å². The lowest BCUT2D eigenvalue weighted by molar-refractivity contribution is -0.140. The number of hydrogen-bond acceptors (Lipinski definition) is 5. The normalized spacial score (nSPS) is 16.2. The van der Waals surface area contributed by atoms with Gasteiger partial charge in [0.2, 0.25) is 0 Å². The van der Waals surface area contributed by atoms with E-state index in [1.165, 1.54) is 0 Å². The predicted molar refractivity (Wildman–Crippen MR) is 112 cm³/mol. The van der Waals surface area contributed by atoms with Crippen LogP contribution in [0, 0.1) is 0 Å². The van der Waals surface area contributed by atoms with Crippen LogP contribution in [0.5, 0.6) is 5.75 Å². The molecular weight excluding hydrogens is 372 g/mol. The maximum atomic E-state index is 12.8. The van der Waals surface area contributed by atoms with Gasteiger partial charge in [-0.2, -0.15) is 0 Å². The number of amides is 2. The maximum Gasteiger partial charge on any atom is 0.260 e. The first-order chi connectivity index (χ1) is 14.0. The number of carbonyl (C=O) groups excluding carboxylic acids is 2. The number of benzene rings is 1. The summed E-state index contributed by atoms with van der Waals surface area (Å²) in [5.74, 6) is 0.390. The molecule has 1 aliphatic rings. The second-order valence-corrected chi connectivity index (χ2v) is 7.44. The van der Waals surface area contributed by atoms with Crippen molar-refractivity contribution in [3.63, 3.8) is 0 Å². The first-order valence-corrected chi connectivity index (χ1v) is 10.5. The van der Waals surface area contributed by atoms with E-state index in [2.05, 4.69) is 12.2 Å². The largest absolute Gasteiger partial charge is 0.484 e. The highest BCUT2D eigenvalue weighted by Gasteiger charge is 2.33.